The van der Waals surface area contributed by atoms with Crippen LogP contribution < -0.4 is 9.80 Å². The van der Waals surface area contributed by atoms with Gasteiger partial charge in [-0.15, -0.1) is 0 Å². The first-order valence-corrected chi connectivity index (χ1v) is 10.9. The second-order valence-electron chi connectivity index (χ2n) is 8.50. The van der Waals surface area contributed by atoms with E-state index in [9.17, 15) is 0 Å². The van der Waals surface area contributed by atoms with Crippen LogP contribution in [0.25, 0.3) is 0 Å². The lowest BCUT2D eigenvalue weighted by atomic mass is 10.2. The van der Waals surface area contributed by atoms with Gasteiger partial charge in [0.2, 0.25) is 0 Å². The molecule has 2 aromatic rings. The minimum absolute atomic E-state index is 0.911. The summed E-state index contributed by atoms with van der Waals surface area (Å²) in [4.78, 5) is 20.6. The Balaban J connectivity index is 1.46. The summed E-state index contributed by atoms with van der Waals surface area (Å²) in [5, 5.41) is 0. The second-order valence-corrected chi connectivity index (χ2v) is 8.50. The van der Waals surface area contributed by atoms with Crippen LogP contribution in [0.1, 0.15) is 5.69 Å². The van der Waals surface area contributed by atoms with Crippen molar-refractivity contribution in [2.75, 3.05) is 90.3 Å². The zero-order chi connectivity index (χ0) is 21.3. The molecule has 3 rings (SSSR count). The molecule has 1 aliphatic rings. The maximum atomic E-state index is 4.63. The average molecular weight is 412 g/mol. The van der Waals surface area contributed by atoms with Crippen LogP contribution in [0.5, 0.6) is 0 Å². The minimum atomic E-state index is 0.911. The molecule has 0 N–H and O–H groups in total. The van der Waals surface area contributed by atoms with E-state index in [0.29, 0.717) is 0 Å². The van der Waals surface area contributed by atoms with Gasteiger partial charge in [0.1, 0.15) is 0 Å². The van der Waals surface area contributed by atoms with Gasteiger partial charge in [0.25, 0.3) is 0 Å². The van der Waals surface area contributed by atoms with Crippen molar-refractivity contribution in [2.24, 2.45) is 0 Å². The van der Waals surface area contributed by atoms with Crippen molar-refractivity contribution < 1.29 is 0 Å². The lowest BCUT2D eigenvalue weighted by molar-refractivity contribution is 0.247. The number of piperazine rings is 1. The van der Waals surface area contributed by atoms with E-state index in [1.165, 1.54) is 11.4 Å². The van der Waals surface area contributed by atoms with E-state index < -0.39 is 0 Å². The number of pyridine rings is 2. The summed E-state index contributed by atoms with van der Waals surface area (Å²) in [5.74, 6) is 0. The predicted molar refractivity (Wildman–Crippen MR) is 125 cm³/mol. The molecule has 0 unspecified atom stereocenters. The summed E-state index contributed by atoms with van der Waals surface area (Å²) in [6, 6.07) is 8.54. The van der Waals surface area contributed by atoms with Crippen molar-refractivity contribution in [1.29, 1.82) is 0 Å². The van der Waals surface area contributed by atoms with Gasteiger partial charge < -0.3 is 19.6 Å². The molecule has 7 heteroatoms. The van der Waals surface area contributed by atoms with Gasteiger partial charge in [-0.1, -0.05) is 0 Å². The fourth-order valence-electron chi connectivity index (χ4n) is 3.67. The molecule has 0 saturated carbocycles. The fraction of sp³-hybridized carbons (Fsp3) is 0.565. The molecule has 7 nitrogen and oxygen atoms in total. The molecule has 0 aliphatic carbocycles. The third-order valence-electron chi connectivity index (χ3n) is 5.77. The monoisotopic (exact) mass is 411 g/mol. The van der Waals surface area contributed by atoms with E-state index in [4.69, 9.17) is 0 Å². The summed E-state index contributed by atoms with van der Waals surface area (Å²) in [6.07, 6.45) is 5.69. The molecule has 0 aromatic carbocycles. The molecule has 0 radical (unpaired) electrons. The Kier molecular flexibility index (Phi) is 8.42. The summed E-state index contributed by atoms with van der Waals surface area (Å²) in [5.41, 5.74) is 3.66. The number of hydrogen-bond acceptors (Lipinski definition) is 7. The number of nitrogens with zero attached hydrogens (tertiary/aromatic N) is 7. The first-order valence-electron chi connectivity index (χ1n) is 10.9. The SMILES string of the molecule is CN(C)CCN(C)CCN(C)c1ccnc(CN2CCN(c3ccncc3)CC2)c1. The van der Waals surface area contributed by atoms with E-state index in [2.05, 4.69) is 86.9 Å². The van der Waals surface area contributed by atoms with Gasteiger partial charge in [-0.25, -0.2) is 0 Å². The standard InChI is InChI=1S/C23H37N7/c1-26(2)11-12-27(3)13-14-28(4)23-7-10-25-21(19-23)20-29-15-17-30(18-16-29)22-5-8-24-9-6-22/h5-10,19H,11-18,20H2,1-4H3. The molecule has 0 spiro atoms. The van der Waals surface area contributed by atoms with E-state index in [1.807, 2.05) is 18.6 Å². The minimum Gasteiger partial charge on any atom is -0.373 e. The third kappa shape index (κ3) is 6.93. The van der Waals surface area contributed by atoms with Crippen molar-refractivity contribution in [1.82, 2.24) is 24.7 Å². The first-order chi connectivity index (χ1) is 14.5. The molecule has 0 amide bonds. The van der Waals surface area contributed by atoms with Crippen LogP contribution in [0.4, 0.5) is 11.4 Å². The molecule has 3 heterocycles. The number of aromatic nitrogens is 2. The second kappa shape index (κ2) is 11.2. The van der Waals surface area contributed by atoms with Gasteiger partial charge in [-0.2, -0.15) is 0 Å². The maximum absolute atomic E-state index is 4.63. The number of likely N-dealkylation sites (N-methyl/N-ethyl adjacent to an activating group) is 3. The summed E-state index contributed by atoms with van der Waals surface area (Å²) in [6.45, 7) is 9.36. The molecule has 0 bridgehead atoms. The van der Waals surface area contributed by atoms with Crippen LogP contribution in [0.2, 0.25) is 0 Å². The highest BCUT2D eigenvalue weighted by molar-refractivity contribution is 5.46. The Morgan fingerprint density at radius 2 is 1.53 bits per heavy atom. The van der Waals surface area contributed by atoms with Gasteiger partial charge in [-0.3, -0.25) is 14.9 Å². The van der Waals surface area contributed by atoms with E-state index in [1.54, 1.807) is 0 Å². The van der Waals surface area contributed by atoms with Crippen LogP contribution in [0.3, 0.4) is 0 Å². The molecule has 0 atom stereocenters. The highest BCUT2D eigenvalue weighted by Gasteiger charge is 2.18. The molecular weight excluding hydrogens is 374 g/mol. The molecule has 2 aromatic heterocycles. The molecule has 1 aliphatic heterocycles. The largest absolute Gasteiger partial charge is 0.373 e. The Morgan fingerprint density at radius 1 is 0.833 bits per heavy atom. The number of hydrogen-bond donors (Lipinski definition) is 0. The van der Waals surface area contributed by atoms with Gasteiger partial charge in [-0.05, 0) is 45.4 Å². The molecule has 1 fully saturated rings. The van der Waals surface area contributed by atoms with Crippen LogP contribution >= 0.6 is 0 Å². The summed E-state index contributed by atoms with van der Waals surface area (Å²) in [7, 11) is 8.61. The topological polar surface area (TPSA) is 42.0 Å². The number of rotatable bonds is 10. The van der Waals surface area contributed by atoms with Crippen LogP contribution in [-0.2, 0) is 6.54 Å². The van der Waals surface area contributed by atoms with Crippen LogP contribution in [-0.4, -0.2) is 105 Å². The highest BCUT2D eigenvalue weighted by atomic mass is 15.3. The Hall–Kier alpha value is -2.22. The smallest absolute Gasteiger partial charge is 0.0564 e. The van der Waals surface area contributed by atoms with E-state index >= 15 is 0 Å². The third-order valence-corrected chi connectivity index (χ3v) is 5.77. The van der Waals surface area contributed by atoms with Gasteiger partial charge >= 0.3 is 0 Å². The Bertz CT molecular complexity index is 744. The van der Waals surface area contributed by atoms with Crippen molar-refractivity contribution >= 4 is 11.4 Å². The zero-order valence-corrected chi connectivity index (χ0v) is 19.0. The molecule has 1 saturated heterocycles. The van der Waals surface area contributed by atoms with E-state index in [0.717, 1.165) is 64.6 Å². The maximum Gasteiger partial charge on any atom is 0.0564 e. The summed E-state index contributed by atoms with van der Waals surface area (Å²) < 4.78 is 0. The quantitative estimate of drug-likeness (QED) is 0.590. The fourth-order valence-corrected chi connectivity index (χ4v) is 3.67. The van der Waals surface area contributed by atoms with Gasteiger partial charge in [0, 0.05) is 95.9 Å². The normalized spacial score (nSPS) is 15.2. The zero-order valence-electron chi connectivity index (χ0n) is 19.0. The van der Waals surface area contributed by atoms with Crippen molar-refractivity contribution in [3.63, 3.8) is 0 Å². The van der Waals surface area contributed by atoms with Gasteiger partial charge in [0.15, 0.2) is 0 Å². The Labute approximate surface area is 181 Å². The lowest BCUT2D eigenvalue weighted by Crippen LogP contribution is -2.46. The van der Waals surface area contributed by atoms with Crippen LogP contribution in [0, 0.1) is 0 Å². The predicted octanol–water partition coefficient (Wildman–Crippen LogP) is 1.73. The molecule has 30 heavy (non-hydrogen) atoms. The van der Waals surface area contributed by atoms with Gasteiger partial charge in [0.05, 0.1) is 5.69 Å². The number of anilines is 2. The summed E-state index contributed by atoms with van der Waals surface area (Å²) >= 11 is 0. The first kappa shape index (κ1) is 22.5. The Morgan fingerprint density at radius 3 is 2.23 bits per heavy atom. The molecule has 164 valence electrons. The van der Waals surface area contributed by atoms with Crippen LogP contribution in [0.15, 0.2) is 42.9 Å². The van der Waals surface area contributed by atoms with E-state index in [-0.39, 0.29) is 0 Å². The average Bonchev–Trinajstić information content (AvgIpc) is 2.77. The highest BCUT2D eigenvalue weighted by Crippen LogP contribution is 2.18. The molecular formula is C23H37N7. The van der Waals surface area contributed by atoms with Crippen molar-refractivity contribution in [3.8, 4) is 0 Å². The lowest BCUT2D eigenvalue weighted by Gasteiger charge is -2.36. The van der Waals surface area contributed by atoms with Crippen molar-refractivity contribution in [3.05, 3.63) is 48.5 Å². The van der Waals surface area contributed by atoms with Crippen molar-refractivity contribution in [2.45, 2.75) is 6.54 Å².